The Hall–Kier alpha value is -2.97. The van der Waals surface area contributed by atoms with Gasteiger partial charge in [-0.3, -0.25) is 9.93 Å². The first-order chi connectivity index (χ1) is 25.7. The van der Waals surface area contributed by atoms with Crippen LogP contribution < -0.4 is 5.73 Å². The van der Waals surface area contributed by atoms with E-state index >= 15 is 0 Å². The van der Waals surface area contributed by atoms with E-state index in [2.05, 4.69) is 29.1 Å². The summed E-state index contributed by atoms with van der Waals surface area (Å²) in [5.41, 5.74) is 8.08. The molecular weight excluding hydrogens is 692 g/mol. The summed E-state index contributed by atoms with van der Waals surface area (Å²) in [4.78, 5) is 17.7. The van der Waals surface area contributed by atoms with Gasteiger partial charge in [0.25, 0.3) is 0 Å². The van der Waals surface area contributed by atoms with Crippen LogP contribution in [-0.2, 0) is 25.1 Å². The molecule has 1 saturated heterocycles. The molecule has 2 heterocycles. The minimum atomic E-state index is -2.28. The van der Waals surface area contributed by atoms with Gasteiger partial charge in [-0.05, 0) is 81.3 Å². The number of unbranched alkanes of at least 4 members (excludes halogenated alkanes) is 14. The van der Waals surface area contributed by atoms with Gasteiger partial charge in [0.2, 0.25) is 0 Å². The molecule has 0 saturated carbocycles. The minimum absolute atomic E-state index is 0.0984. The lowest BCUT2D eigenvalue weighted by molar-refractivity contribution is -0.167. The molecule has 1 aliphatic rings. The summed E-state index contributed by atoms with van der Waals surface area (Å²) in [7, 11) is -2.28. The van der Waals surface area contributed by atoms with E-state index in [0.717, 1.165) is 31.3 Å². The first-order valence-corrected chi connectivity index (χ1v) is 20.8. The molecule has 12 heteroatoms. The number of allylic oxidation sites excluding steroid dienone is 2. The molecule has 0 aliphatic carbocycles. The number of hydrogen-bond donors (Lipinski definition) is 4. The fraction of sp³-hybridized carbons (Fsp3) is 0.634. The third kappa shape index (κ3) is 18.3. The van der Waals surface area contributed by atoms with E-state index in [0.29, 0.717) is 30.5 Å². The number of rotatable bonds is 29. The fourth-order valence-electron chi connectivity index (χ4n) is 6.53. The van der Waals surface area contributed by atoms with Gasteiger partial charge in [-0.15, -0.1) is 0 Å². The van der Waals surface area contributed by atoms with E-state index in [1.54, 1.807) is 19.1 Å². The molecule has 0 amide bonds. The molecule has 0 bridgehead atoms. The largest absolute Gasteiger partial charge is 0.382 e. The van der Waals surface area contributed by atoms with Gasteiger partial charge in [-0.1, -0.05) is 96.1 Å². The maximum atomic E-state index is 14.0. The summed E-state index contributed by atoms with van der Waals surface area (Å²) >= 11 is 0. The highest BCUT2D eigenvalue weighted by molar-refractivity contribution is 7.40. The smallest absolute Gasteiger partial charge is 0.332 e. The quantitative estimate of drug-likeness (QED) is 0.0211. The van der Waals surface area contributed by atoms with Crippen LogP contribution in [0.15, 0.2) is 47.5 Å². The Morgan fingerprint density at radius 3 is 2.40 bits per heavy atom. The Morgan fingerprint density at radius 2 is 1.74 bits per heavy atom. The second-order valence-electron chi connectivity index (χ2n) is 14.2. The van der Waals surface area contributed by atoms with Crippen LogP contribution in [0.5, 0.6) is 0 Å². The molecule has 0 radical (unpaired) electrons. The van der Waals surface area contributed by atoms with E-state index in [1.807, 2.05) is 12.1 Å². The predicted octanol–water partition coefficient (Wildman–Crippen LogP) is 11.0. The second-order valence-corrected chi connectivity index (χ2v) is 15.1. The Kier molecular flexibility index (Phi) is 21.7. The van der Waals surface area contributed by atoms with Crippen LogP contribution in [0.3, 0.4) is 0 Å². The summed E-state index contributed by atoms with van der Waals surface area (Å²) in [6.45, 7) is 4.25. The minimum Gasteiger partial charge on any atom is -0.382 e. The fourth-order valence-corrected chi connectivity index (χ4v) is 7.34. The molecule has 1 aromatic carbocycles. The predicted molar refractivity (Wildman–Crippen MR) is 211 cm³/mol. The van der Waals surface area contributed by atoms with Crippen molar-refractivity contribution in [3.8, 4) is 6.07 Å². The normalized spacial score (nSPS) is 18.8. The maximum Gasteiger partial charge on any atom is 0.332 e. The highest BCUT2D eigenvalue weighted by Gasteiger charge is 2.41. The van der Waals surface area contributed by atoms with Gasteiger partial charge in [-0.2, -0.15) is 5.26 Å². The number of aromatic nitrogens is 1. The number of aromatic amines is 1. The van der Waals surface area contributed by atoms with E-state index in [9.17, 15) is 14.5 Å². The monoisotopic (exact) mass is 755 g/mol. The maximum absolute atomic E-state index is 14.0. The number of ether oxygens (including phenoxy) is 2. The van der Waals surface area contributed by atoms with Crippen LogP contribution in [0, 0.1) is 22.6 Å². The molecule has 4 atom stereocenters. The van der Waals surface area contributed by atoms with Crippen LogP contribution >= 0.6 is 8.60 Å². The van der Waals surface area contributed by atoms with Crippen LogP contribution in [-0.4, -0.2) is 40.5 Å². The molecule has 10 nitrogen and oxygen atoms in total. The number of nitrogens with zero attached hydrogens (tertiary/aromatic N) is 2. The second kappa shape index (κ2) is 25.9. The molecule has 0 spiro atoms. The molecule has 53 heavy (non-hydrogen) atoms. The Balaban J connectivity index is 1.36. The van der Waals surface area contributed by atoms with Crippen molar-refractivity contribution in [2.45, 2.75) is 160 Å². The van der Waals surface area contributed by atoms with Gasteiger partial charge in [0.15, 0.2) is 5.79 Å². The summed E-state index contributed by atoms with van der Waals surface area (Å²) in [6, 6.07) is 9.80. The van der Waals surface area contributed by atoms with Crippen molar-refractivity contribution in [3.63, 3.8) is 0 Å². The van der Waals surface area contributed by atoms with Gasteiger partial charge in [0, 0.05) is 12.1 Å². The summed E-state index contributed by atoms with van der Waals surface area (Å²) < 4.78 is 38.0. The first-order valence-electron chi connectivity index (χ1n) is 19.7. The molecule has 1 aliphatic heterocycles. The summed E-state index contributed by atoms with van der Waals surface area (Å²) in [5.74, 6) is -1.33. The topological polar surface area (TPSA) is 159 Å². The average molecular weight is 756 g/mol. The van der Waals surface area contributed by atoms with Crippen molar-refractivity contribution < 1.29 is 27.8 Å². The number of H-pyrrole nitrogens is 1. The highest BCUT2D eigenvalue weighted by atomic mass is 31.2. The van der Waals surface area contributed by atoms with Crippen molar-refractivity contribution in [1.29, 1.82) is 10.7 Å². The number of amidine groups is 1. The van der Waals surface area contributed by atoms with Crippen molar-refractivity contribution in [2.75, 3.05) is 6.61 Å². The van der Waals surface area contributed by atoms with E-state index in [1.165, 1.54) is 95.6 Å². The van der Waals surface area contributed by atoms with Gasteiger partial charge in [-0.25, -0.2) is 9.38 Å². The van der Waals surface area contributed by atoms with Crippen LogP contribution in [0.1, 0.15) is 164 Å². The zero-order chi connectivity index (χ0) is 38.2. The van der Waals surface area contributed by atoms with E-state index in [4.69, 9.17) is 29.7 Å². The summed E-state index contributed by atoms with van der Waals surface area (Å²) in [5, 5.41) is 16.4. The van der Waals surface area contributed by atoms with Crippen LogP contribution in [0.25, 0.3) is 0 Å². The lowest BCUT2D eigenvalue weighted by Crippen LogP contribution is -2.26. The SMILES string of the molecule is CCCCCCCC/C=C/CCCCCCCCCCC(COP(O)O[C@]1(C)CCC(c2ccc(C(N)=NC=N)[nH]2)O1)OCc1cc(F)cc(C#N)c1. The third-order valence-electron chi connectivity index (χ3n) is 9.54. The molecule has 294 valence electrons. The Labute approximate surface area is 318 Å². The van der Waals surface area contributed by atoms with Gasteiger partial charge in [0.05, 0.1) is 36.6 Å². The number of nitriles is 1. The molecular formula is C41H63FN5O5P. The van der Waals surface area contributed by atoms with Gasteiger partial charge < -0.3 is 29.6 Å². The number of benzene rings is 1. The molecule has 5 N–H and O–H groups in total. The number of hydrogen-bond acceptors (Lipinski definition) is 7. The number of halogens is 1. The number of nitrogens with one attached hydrogen (secondary N) is 2. The zero-order valence-corrected chi connectivity index (χ0v) is 32.9. The van der Waals surface area contributed by atoms with Gasteiger partial charge in [0.1, 0.15) is 24.1 Å². The lowest BCUT2D eigenvalue weighted by atomic mass is 10.0. The first kappa shape index (κ1) is 44.4. The van der Waals surface area contributed by atoms with Crippen molar-refractivity contribution in [2.24, 2.45) is 10.7 Å². The van der Waals surface area contributed by atoms with Crippen molar-refractivity contribution in [1.82, 2.24) is 4.98 Å². The average Bonchev–Trinajstić information content (AvgIpc) is 3.79. The molecule has 3 unspecified atom stereocenters. The number of nitrogens with two attached hydrogens (primary N) is 1. The highest BCUT2D eigenvalue weighted by Crippen LogP contribution is 2.48. The van der Waals surface area contributed by atoms with Crippen molar-refractivity contribution >= 4 is 20.8 Å². The standard InChI is InChI=1S/C41H63FN5O5P/c1-3-4-5-6-7-8-9-10-11-12-13-14-15-16-17-18-19-20-21-36(49-30-34-26-33(29-43)27-35(42)28-34)31-50-53(48)52-41(2)25-24-39(51-41)37-22-23-38(47-37)40(45)46-32-44/h10-11,22-23,26-28,32,36,39,47-48H,3-9,12-21,24-25,30-31H2,1-2H3,(H3,44,45,46)/b11-10+/t36?,39?,41-,53?/m1/s1. The molecule has 1 fully saturated rings. The zero-order valence-electron chi connectivity index (χ0n) is 32.0. The van der Waals surface area contributed by atoms with Crippen LogP contribution in [0.2, 0.25) is 0 Å². The van der Waals surface area contributed by atoms with Crippen LogP contribution in [0.4, 0.5) is 4.39 Å². The van der Waals surface area contributed by atoms with E-state index < -0.39 is 20.2 Å². The lowest BCUT2D eigenvalue weighted by Gasteiger charge is -2.27. The number of aliphatic imine (C=N–C) groups is 1. The third-order valence-corrected chi connectivity index (χ3v) is 10.5. The Morgan fingerprint density at radius 1 is 1.08 bits per heavy atom. The van der Waals surface area contributed by atoms with Crippen molar-refractivity contribution in [3.05, 3.63) is 70.8 Å². The Bertz CT molecular complexity index is 1430. The molecule has 1 aromatic heterocycles. The summed E-state index contributed by atoms with van der Waals surface area (Å²) in [6.07, 6.45) is 26.8. The molecule has 3 rings (SSSR count). The van der Waals surface area contributed by atoms with E-state index in [-0.39, 0.29) is 36.8 Å². The van der Waals surface area contributed by atoms with Gasteiger partial charge >= 0.3 is 8.60 Å². The molecule has 2 aromatic rings.